The molecule has 0 amide bonds. The lowest BCUT2D eigenvalue weighted by Gasteiger charge is -2.05. The van der Waals surface area contributed by atoms with E-state index < -0.39 is 10.8 Å². The van der Waals surface area contributed by atoms with E-state index in [1.807, 2.05) is 0 Å². The third-order valence-electron chi connectivity index (χ3n) is 2.51. The number of benzene rings is 1. The van der Waals surface area contributed by atoms with Crippen LogP contribution in [-0.2, 0) is 0 Å². The van der Waals surface area contributed by atoms with Gasteiger partial charge in [-0.2, -0.15) is 4.68 Å². The second kappa shape index (κ2) is 5.32. The van der Waals surface area contributed by atoms with Crippen molar-refractivity contribution in [2.45, 2.75) is 0 Å². The van der Waals surface area contributed by atoms with Gasteiger partial charge in [0, 0.05) is 5.56 Å². The summed E-state index contributed by atoms with van der Waals surface area (Å²) in [6, 6.07) is 4.84. The Morgan fingerprint density at radius 1 is 1.32 bits per heavy atom. The van der Waals surface area contributed by atoms with Crippen LogP contribution in [0.1, 0.15) is 0 Å². The summed E-state index contributed by atoms with van der Waals surface area (Å²) in [5.41, 5.74) is 5.72. The van der Waals surface area contributed by atoms with Gasteiger partial charge >= 0.3 is 5.24 Å². The Morgan fingerprint density at radius 2 is 1.89 bits per heavy atom. The lowest BCUT2D eigenvalue weighted by atomic mass is 10.1. The van der Waals surface area contributed by atoms with Crippen LogP contribution in [0.4, 0.5) is 10.6 Å². The SMILES string of the molecule is CSC(=O)n1[nH]c(=O)c(-c2c(Cl)cccc2Cl)c1N. The predicted molar refractivity (Wildman–Crippen MR) is 79.2 cm³/mol. The summed E-state index contributed by atoms with van der Waals surface area (Å²) in [7, 11) is 0. The summed E-state index contributed by atoms with van der Waals surface area (Å²) >= 11 is 13.0. The summed E-state index contributed by atoms with van der Waals surface area (Å²) in [6.45, 7) is 0. The van der Waals surface area contributed by atoms with Gasteiger partial charge in [-0.3, -0.25) is 14.7 Å². The number of nitrogens with two attached hydrogens (primary N) is 1. The Kier molecular flexibility index (Phi) is 3.93. The zero-order valence-electron chi connectivity index (χ0n) is 9.74. The first-order valence-corrected chi connectivity index (χ1v) is 7.08. The van der Waals surface area contributed by atoms with Crippen molar-refractivity contribution in [1.29, 1.82) is 0 Å². The molecule has 0 saturated heterocycles. The minimum Gasteiger partial charge on any atom is -0.383 e. The van der Waals surface area contributed by atoms with E-state index in [1.54, 1.807) is 24.5 Å². The van der Waals surface area contributed by atoms with Crippen molar-refractivity contribution in [1.82, 2.24) is 9.78 Å². The predicted octanol–water partition coefficient (Wildman–Crippen LogP) is 3.06. The lowest BCUT2D eigenvalue weighted by molar-refractivity contribution is 0.260. The van der Waals surface area contributed by atoms with E-state index in [4.69, 9.17) is 28.9 Å². The summed E-state index contributed by atoms with van der Waals surface area (Å²) < 4.78 is 0.974. The van der Waals surface area contributed by atoms with E-state index in [2.05, 4.69) is 5.10 Å². The molecule has 0 saturated carbocycles. The normalized spacial score (nSPS) is 10.7. The molecule has 1 heterocycles. The number of thioether (sulfide) groups is 1. The van der Waals surface area contributed by atoms with E-state index in [0.29, 0.717) is 15.6 Å². The molecule has 1 aromatic carbocycles. The molecular formula is C11H9Cl2N3O2S. The third-order valence-corrected chi connectivity index (χ3v) is 3.67. The average molecular weight is 318 g/mol. The fourth-order valence-corrected chi connectivity index (χ4v) is 2.57. The number of nitrogens with one attached hydrogen (secondary N) is 1. The summed E-state index contributed by atoms with van der Waals surface area (Å²) in [5, 5.41) is 2.55. The zero-order chi connectivity index (χ0) is 14.2. The molecule has 0 atom stereocenters. The van der Waals surface area contributed by atoms with Gasteiger partial charge in [0.2, 0.25) is 0 Å². The van der Waals surface area contributed by atoms with Crippen LogP contribution >= 0.6 is 35.0 Å². The first-order chi connectivity index (χ1) is 8.97. The topological polar surface area (TPSA) is 80.9 Å². The molecule has 2 rings (SSSR count). The molecule has 0 spiro atoms. The molecule has 0 aliphatic heterocycles. The van der Waals surface area contributed by atoms with Crippen molar-refractivity contribution in [3.05, 3.63) is 38.6 Å². The number of rotatable bonds is 1. The molecule has 1 aromatic heterocycles. The summed E-state index contributed by atoms with van der Waals surface area (Å²) in [5.74, 6) is -0.0145. The highest BCUT2D eigenvalue weighted by molar-refractivity contribution is 8.13. The molecule has 2 aromatic rings. The number of hydrogen-bond donors (Lipinski definition) is 2. The van der Waals surface area contributed by atoms with Gasteiger partial charge in [-0.05, 0) is 18.4 Å². The highest BCUT2D eigenvalue weighted by Crippen LogP contribution is 2.35. The van der Waals surface area contributed by atoms with Gasteiger partial charge < -0.3 is 5.73 Å². The second-order valence-corrected chi connectivity index (χ2v) is 5.18. The van der Waals surface area contributed by atoms with Gasteiger partial charge in [-0.1, -0.05) is 41.0 Å². The van der Waals surface area contributed by atoms with Gasteiger partial charge in [0.15, 0.2) is 0 Å². The molecule has 0 fully saturated rings. The molecule has 0 aliphatic carbocycles. The number of anilines is 1. The summed E-state index contributed by atoms with van der Waals surface area (Å²) in [4.78, 5) is 23.6. The van der Waals surface area contributed by atoms with Crippen LogP contribution in [0.15, 0.2) is 23.0 Å². The Bertz CT molecular complexity index is 688. The van der Waals surface area contributed by atoms with Gasteiger partial charge in [-0.15, -0.1) is 0 Å². The Labute approximate surface area is 122 Å². The highest BCUT2D eigenvalue weighted by atomic mass is 35.5. The van der Waals surface area contributed by atoms with Crippen LogP contribution in [0.2, 0.25) is 10.0 Å². The molecule has 0 aliphatic rings. The molecule has 0 bridgehead atoms. The first kappa shape index (κ1) is 14.0. The molecule has 0 unspecified atom stereocenters. The Balaban J connectivity index is 2.74. The minimum absolute atomic E-state index is 0.0145. The maximum absolute atomic E-state index is 12.0. The number of hydrogen-bond acceptors (Lipinski definition) is 4. The van der Waals surface area contributed by atoms with Crippen LogP contribution in [0.25, 0.3) is 11.1 Å². The quantitative estimate of drug-likeness (QED) is 0.847. The van der Waals surface area contributed by atoms with Crippen molar-refractivity contribution >= 4 is 46.0 Å². The number of carbonyl (C=O) groups is 1. The Morgan fingerprint density at radius 3 is 2.42 bits per heavy atom. The average Bonchev–Trinajstić information content (AvgIpc) is 2.65. The van der Waals surface area contributed by atoms with E-state index in [9.17, 15) is 9.59 Å². The standard InChI is InChI=1S/C11H9Cl2N3O2S/c1-19-11(18)16-9(14)8(10(17)15-16)7-5(12)3-2-4-6(7)13/h2-4H,14H2,1H3,(H,15,17). The molecule has 8 heteroatoms. The monoisotopic (exact) mass is 317 g/mol. The van der Waals surface area contributed by atoms with Gasteiger partial charge in [-0.25, -0.2) is 0 Å². The first-order valence-electron chi connectivity index (χ1n) is 5.10. The van der Waals surface area contributed by atoms with E-state index in [-0.39, 0.29) is 11.4 Å². The van der Waals surface area contributed by atoms with Crippen LogP contribution in [0.3, 0.4) is 0 Å². The molecule has 19 heavy (non-hydrogen) atoms. The Hall–Kier alpha value is -1.37. The molecular weight excluding hydrogens is 309 g/mol. The van der Waals surface area contributed by atoms with Gasteiger partial charge in [0.1, 0.15) is 5.82 Å². The van der Waals surface area contributed by atoms with Gasteiger partial charge in [0.25, 0.3) is 5.56 Å². The van der Waals surface area contributed by atoms with Crippen molar-refractivity contribution in [3.8, 4) is 11.1 Å². The van der Waals surface area contributed by atoms with E-state index in [0.717, 1.165) is 16.4 Å². The van der Waals surface area contributed by atoms with Gasteiger partial charge in [0.05, 0.1) is 15.6 Å². The minimum atomic E-state index is -0.519. The van der Waals surface area contributed by atoms with Crippen LogP contribution in [0.5, 0.6) is 0 Å². The smallest absolute Gasteiger partial charge is 0.305 e. The summed E-state index contributed by atoms with van der Waals surface area (Å²) in [6.07, 6.45) is 1.59. The van der Waals surface area contributed by atoms with E-state index in [1.165, 1.54) is 0 Å². The molecule has 3 N–H and O–H groups in total. The van der Waals surface area contributed by atoms with Crippen LogP contribution < -0.4 is 11.3 Å². The van der Waals surface area contributed by atoms with E-state index >= 15 is 0 Å². The highest BCUT2D eigenvalue weighted by Gasteiger charge is 2.21. The number of nitrogen functional groups attached to an aromatic ring is 1. The van der Waals surface area contributed by atoms with Crippen molar-refractivity contribution < 1.29 is 4.79 Å². The number of carbonyl (C=O) groups excluding carboxylic acids is 1. The van der Waals surface area contributed by atoms with Crippen LogP contribution in [0, 0.1) is 0 Å². The lowest BCUT2D eigenvalue weighted by Crippen LogP contribution is -2.12. The number of aromatic amines is 1. The van der Waals surface area contributed by atoms with Crippen molar-refractivity contribution in [2.75, 3.05) is 12.0 Å². The molecule has 0 radical (unpaired) electrons. The number of H-pyrrole nitrogens is 1. The van der Waals surface area contributed by atoms with Crippen LogP contribution in [-0.4, -0.2) is 21.3 Å². The maximum atomic E-state index is 12.0. The molecule has 5 nitrogen and oxygen atoms in total. The number of aromatic nitrogens is 2. The van der Waals surface area contributed by atoms with Crippen molar-refractivity contribution in [2.24, 2.45) is 0 Å². The fourth-order valence-electron chi connectivity index (χ4n) is 1.66. The largest absolute Gasteiger partial charge is 0.383 e. The number of halogens is 2. The fraction of sp³-hybridized carbons (Fsp3) is 0.0909. The zero-order valence-corrected chi connectivity index (χ0v) is 12.1. The number of nitrogens with zero attached hydrogens (tertiary/aromatic N) is 1. The van der Waals surface area contributed by atoms with Crippen molar-refractivity contribution in [3.63, 3.8) is 0 Å². The maximum Gasteiger partial charge on any atom is 0.305 e. The second-order valence-electron chi connectivity index (χ2n) is 3.60. The molecule has 100 valence electrons. The third kappa shape index (κ3) is 2.39.